The number of rotatable bonds is 9. The summed E-state index contributed by atoms with van der Waals surface area (Å²) in [6.07, 6.45) is 3.52. The van der Waals surface area contributed by atoms with Crippen LogP contribution in [0.4, 0.5) is 5.69 Å². The van der Waals surface area contributed by atoms with E-state index in [1.165, 1.54) is 11.1 Å². The number of nitrogens with one attached hydrogen (secondary N) is 2. The Morgan fingerprint density at radius 3 is 2.77 bits per heavy atom. The molecule has 0 bridgehead atoms. The molecule has 0 radical (unpaired) electrons. The average molecular weight is 410 g/mol. The highest BCUT2D eigenvalue weighted by Crippen LogP contribution is 2.29. The fraction of sp³-hybridized carbons (Fsp3) is 0.417. The molecule has 0 spiro atoms. The molecule has 2 amide bonds. The summed E-state index contributed by atoms with van der Waals surface area (Å²) in [7, 11) is 1.59. The number of hydrogen-bond donors (Lipinski definition) is 2. The predicted octanol–water partition coefficient (Wildman–Crippen LogP) is 3.54. The van der Waals surface area contributed by atoms with Crippen LogP contribution in [0, 0.1) is 0 Å². The minimum atomic E-state index is -0.105. The number of benzene rings is 2. The van der Waals surface area contributed by atoms with E-state index in [-0.39, 0.29) is 24.4 Å². The summed E-state index contributed by atoms with van der Waals surface area (Å²) >= 11 is 0. The molecule has 160 valence electrons. The number of hydrogen-bond acceptors (Lipinski definition) is 4. The van der Waals surface area contributed by atoms with Gasteiger partial charge < -0.3 is 15.4 Å². The second-order valence-electron chi connectivity index (χ2n) is 7.61. The van der Waals surface area contributed by atoms with Crippen molar-refractivity contribution in [1.82, 2.24) is 10.2 Å². The van der Waals surface area contributed by atoms with Gasteiger partial charge in [-0.2, -0.15) is 0 Å². The van der Waals surface area contributed by atoms with Crippen LogP contribution in [0.5, 0.6) is 5.75 Å². The lowest BCUT2D eigenvalue weighted by Crippen LogP contribution is -2.37. The van der Waals surface area contributed by atoms with Crippen LogP contribution in [0.25, 0.3) is 0 Å². The van der Waals surface area contributed by atoms with Gasteiger partial charge in [0.25, 0.3) is 0 Å². The van der Waals surface area contributed by atoms with E-state index >= 15 is 0 Å². The maximum atomic E-state index is 12.5. The lowest BCUT2D eigenvalue weighted by Gasteiger charge is -2.27. The Labute approximate surface area is 178 Å². The molecule has 1 aliphatic rings. The van der Waals surface area contributed by atoms with Gasteiger partial charge in [0, 0.05) is 24.7 Å². The van der Waals surface area contributed by atoms with Crippen LogP contribution in [0.15, 0.2) is 48.5 Å². The molecular formula is C24H31N3O3. The Balaban J connectivity index is 1.46. The van der Waals surface area contributed by atoms with Gasteiger partial charge in [-0.25, -0.2) is 0 Å². The fourth-order valence-electron chi connectivity index (χ4n) is 3.88. The number of ether oxygens (including phenoxy) is 1. The molecule has 0 aliphatic heterocycles. The Morgan fingerprint density at radius 1 is 1.13 bits per heavy atom. The molecule has 3 rings (SSSR count). The van der Waals surface area contributed by atoms with E-state index in [1.54, 1.807) is 13.2 Å². The first-order valence-corrected chi connectivity index (χ1v) is 10.6. The third-order valence-electron chi connectivity index (χ3n) is 5.53. The molecular weight excluding hydrogens is 378 g/mol. The molecule has 30 heavy (non-hydrogen) atoms. The van der Waals surface area contributed by atoms with Crippen molar-refractivity contribution in [3.63, 3.8) is 0 Å². The first-order valence-electron chi connectivity index (χ1n) is 10.6. The molecule has 0 aromatic heterocycles. The summed E-state index contributed by atoms with van der Waals surface area (Å²) in [5, 5.41) is 6.06. The van der Waals surface area contributed by atoms with Crippen molar-refractivity contribution < 1.29 is 14.3 Å². The van der Waals surface area contributed by atoms with Crippen LogP contribution in [-0.2, 0) is 16.0 Å². The van der Waals surface area contributed by atoms with Crippen LogP contribution in [-0.4, -0.2) is 43.5 Å². The highest BCUT2D eigenvalue weighted by Gasteiger charge is 2.21. The zero-order valence-electron chi connectivity index (χ0n) is 17.8. The van der Waals surface area contributed by atoms with E-state index in [1.807, 2.05) is 36.1 Å². The molecule has 0 heterocycles. The zero-order valence-corrected chi connectivity index (χ0v) is 17.8. The lowest BCUT2D eigenvalue weighted by atomic mass is 9.87. The van der Waals surface area contributed by atoms with Gasteiger partial charge in [0.1, 0.15) is 5.75 Å². The molecule has 0 saturated carbocycles. The van der Waals surface area contributed by atoms with Gasteiger partial charge in [-0.1, -0.05) is 37.3 Å². The van der Waals surface area contributed by atoms with Gasteiger partial charge in [0.05, 0.1) is 19.7 Å². The zero-order chi connectivity index (χ0) is 21.3. The molecule has 2 N–H and O–H groups in total. The van der Waals surface area contributed by atoms with Crippen LogP contribution >= 0.6 is 0 Å². The van der Waals surface area contributed by atoms with Crippen molar-refractivity contribution in [3.8, 4) is 5.75 Å². The minimum Gasteiger partial charge on any atom is -0.497 e. The summed E-state index contributed by atoms with van der Waals surface area (Å²) in [5.41, 5.74) is 3.27. The summed E-state index contributed by atoms with van der Waals surface area (Å²) in [5.74, 6) is 0.621. The van der Waals surface area contributed by atoms with Crippen molar-refractivity contribution in [2.24, 2.45) is 0 Å². The number of aryl methyl sites for hydroxylation is 1. The Hall–Kier alpha value is -2.86. The largest absolute Gasteiger partial charge is 0.497 e. The van der Waals surface area contributed by atoms with Crippen molar-refractivity contribution in [2.75, 3.05) is 32.1 Å². The smallest absolute Gasteiger partial charge is 0.238 e. The molecule has 1 atom stereocenters. The number of carbonyl (C=O) groups excluding carboxylic acids is 2. The molecule has 1 aliphatic carbocycles. The number of fused-ring (bicyclic) bond motifs is 1. The number of nitrogens with zero attached hydrogens (tertiary/aromatic N) is 1. The predicted molar refractivity (Wildman–Crippen MR) is 119 cm³/mol. The van der Waals surface area contributed by atoms with Gasteiger partial charge in [0.2, 0.25) is 11.8 Å². The molecule has 6 heteroatoms. The first kappa shape index (κ1) is 21.8. The summed E-state index contributed by atoms with van der Waals surface area (Å²) in [6, 6.07) is 15.7. The monoisotopic (exact) mass is 409 g/mol. The number of carbonyl (C=O) groups is 2. The third kappa shape index (κ3) is 6.07. The van der Waals surface area contributed by atoms with Gasteiger partial charge in [-0.15, -0.1) is 0 Å². The SMILES string of the molecule is CCN(CCC(=O)NC1CCCc2ccccc21)CC(=O)Nc1cccc(OC)c1. The maximum absolute atomic E-state index is 12.5. The van der Waals surface area contributed by atoms with E-state index in [0.29, 0.717) is 30.9 Å². The van der Waals surface area contributed by atoms with Gasteiger partial charge in [-0.05, 0) is 49.1 Å². The van der Waals surface area contributed by atoms with Crippen molar-refractivity contribution >= 4 is 17.5 Å². The summed E-state index contributed by atoms with van der Waals surface area (Å²) < 4.78 is 5.18. The molecule has 0 saturated heterocycles. The first-order chi connectivity index (χ1) is 14.6. The Kier molecular flexibility index (Phi) is 7.85. The Bertz CT molecular complexity index is 868. The third-order valence-corrected chi connectivity index (χ3v) is 5.53. The summed E-state index contributed by atoms with van der Waals surface area (Å²) in [4.78, 5) is 26.9. The van der Waals surface area contributed by atoms with E-state index in [9.17, 15) is 9.59 Å². The lowest BCUT2D eigenvalue weighted by molar-refractivity contribution is -0.123. The normalized spacial score (nSPS) is 15.4. The fourth-order valence-corrected chi connectivity index (χ4v) is 3.88. The summed E-state index contributed by atoms with van der Waals surface area (Å²) in [6.45, 7) is 3.48. The highest BCUT2D eigenvalue weighted by molar-refractivity contribution is 5.92. The topological polar surface area (TPSA) is 70.7 Å². The van der Waals surface area contributed by atoms with Crippen LogP contribution in [0.2, 0.25) is 0 Å². The minimum absolute atomic E-state index is 0.0309. The molecule has 2 aromatic rings. The molecule has 1 unspecified atom stereocenters. The molecule has 6 nitrogen and oxygen atoms in total. The van der Waals surface area contributed by atoms with Crippen LogP contribution in [0.3, 0.4) is 0 Å². The van der Waals surface area contributed by atoms with Gasteiger partial charge in [-0.3, -0.25) is 14.5 Å². The molecule has 2 aromatic carbocycles. The number of anilines is 1. The highest BCUT2D eigenvalue weighted by atomic mass is 16.5. The second-order valence-corrected chi connectivity index (χ2v) is 7.61. The second kappa shape index (κ2) is 10.8. The standard InChI is InChI=1S/C24H31N3O3/c1-3-27(17-24(29)25-19-10-7-11-20(16-19)30-2)15-14-23(28)26-22-13-6-9-18-8-4-5-12-21(18)22/h4-5,7-8,10-12,16,22H,3,6,9,13-15,17H2,1-2H3,(H,25,29)(H,26,28). The number of methoxy groups -OCH3 is 1. The van der Waals surface area contributed by atoms with Crippen LogP contribution in [0.1, 0.15) is 43.4 Å². The molecule has 0 fully saturated rings. The Morgan fingerprint density at radius 2 is 1.97 bits per heavy atom. The van der Waals surface area contributed by atoms with E-state index < -0.39 is 0 Å². The van der Waals surface area contributed by atoms with Crippen molar-refractivity contribution in [3.05, 3.63) is 59.7 Å². The van der Waals surface area contributed by atoms with Crippen molar-refractivity contribution in [2.45, 2.75) is 38.6 Å². The number of amides is 2. The van der Waals surface area contributed by atoms with Gasteiger partial charge >= 0.3 is 0 Å². The average Bonchev–Trinajstić information content (AvgIpc) is 2.77. The number of likely N-dealkylation sites (N-methyl/N-ethyl adjacent to an activating group) is 1. The van der Waals surface area contributed by atoms with Crippen LogP contribution < -0.4 is 15.4 Å². The quantitative estimate of drug-likeness (QED) is 0.665. The van der Waals surface area contributed by atoms with Crippen molar-refractivity contribution in [1.29, 1.82) is 0 Å². The van der Waals surface area contributed by atoms with E-state index in [2.05, 4.69) is 28.8 Å². The maximum Gasteiger partial charge on any atom is 0.238 e. The van der Waals surface area contributed by atoms with Gasteiger partial charge in [0.15, 0.2) is 0 Å². The van der Waals surface area contributed by atoms with E-state index in [4.69, 9.17) is 4.74 Å². The van der Waals surface area contributed by atoms with E-state index in [0.717, 1.165) is 19.3 Å².